The van der Waals surface area contributed by atoms with Crippen LogP contribution in [0.3, 0.4) is 0 Å². The van der Waals surface area contributed by atoms with Crippen molar-refractivity contribution in [2.24, 2.45) is 18.2 Å². The van der Waals surface area contributed by atoms with Gasteiger partial charge in [0.25, 0.3) is 0 Å². The number of aliphatic hydroxyl groups excluding tert-OH is 1. The normalized spacial score (nSPS) is 17.5. The highest BCUT2D eigenvalue weighted by Crippen LogP contribution is 2.36. The number of rotatable bonds is 4. The molecule has 1 aromatic heterocycles. The third-order valence-electron chi connectivity index (χ3n) is 3.28. The Labute approximate surface area is 91.1 Å². The molecule has 4 heteroatoms. The second-order valence-electron chi connectivity index (χ2n) is 4.46. The number of aliphatic hydroxyl groups is 1. The molecule has 0 spiro atoms. The van der Waals surface area contributed by atoms with E-state index in [1.807, 2.05) is 34.0 Å². The smallest absolute Gasteiger partial charge is 0.0888 e. The van der Waals surface area contributed by atoms with Crippen LogP contribution >= 0.6 is 0 Å². The van der Waals surface area contributed by atoms with Crippen molar-refractivity contribution in [2.45, 2.75) is 33.3 Å². The summed E-state index contributed by atoms with van der Waals surface area (Å²) in [7, 11) is 1.86. The van der Waals surface area contributed by atoms with Crippen molar-refractivity contribution in [1.82, 2.24) is 9.78 Å². The highest BCUT2D eigenvalue weighted by Gasteiger charge is 2.32. The summed E-state index contributed by atoms with van der Waals surface area (Å²) in [4.78, 5) is 0. The van der Waals surface area contributed by atoms with Crippen molar-refractivity contribution in [1.29, 1.82) is 0 Å². The molecule has 0 aromatic carbocycles. The van der Waals surface area contributed by atoms with Crippen LogP contribution in [0.4, 0.5) is 0 Å². The molecule has 0 aliphatic heterocycles. The lowest BCUT2D eigenvalue weighted by atomic mass is 9.78. The van der Waals surface area contributed by atoms with Crippen LogP contribution in [0.15, 0.2) is 6.20 Å². The standard InChI is InChI=1S/C11H21N3O/c1-5-11(3,7-12)10(15)9-6-14(4)13-8(9)2/h6,10,15H,5,7,12H2,1-4H3. The number of hydrogen-bond donors (Lipinski definition) is 2. The van der Waals surface area contributed by atoms with E-state index in [0.29, 0.717) is 6.54 Å². The number of nitrogens with two attached hydrogens (primary N) is 1. The average Bonchev–Trinajstić information content (AvgIpc) is 2.55. The third kappa shape index (κ3) is 2.21. The molecule has 0 bridgehead atoms. The van der Waals surface area contributed by atoms with E-state index in [1.54, 1.807) is 4.68 Å². The molecule has 86 valence electrons. The second kappa shape index (κ2) is 4.33. The molecule has 0 saturated heterocycles. The summed E-state index contributed by atoms with van der Waals surface area (Å²) in [5.74, 6) is 0. The van der Waals surface area contributed by atoms with Gasteiger partial charge in [0.05, 0.1) is 11.8 Å². The second-order valence-corrected chi connectivity index (χ2v) is 4.46. The maximum atomic E-state index is 10.3. The van der Waals surface area contributed by atoms with Crippen LogP contribution in [0.25, 0.3) is 0 Å². The minimum Gasteiger partial charge on any atom is -0.388 e. The Kier molecular flexibility index (Phi) is 3.52. The molecule has 1 heterocycles. The van der Waals surface area contributed by atoms with Gasteiger partial charge in [0.2, 0.25) is 0 Å². The van der Waals surface area contributed by atoms with E-state index >= 15 is 0 Å². The fourth-order valence-electron chi connectivity index (χ4n) is 1.71. The van der Waals surface area contributed by atoms with Gasteiger partial charge in [0.1, 0.15) is 0 Å². The first-order chi connectivity index (χ1) is 6.94. The average molecular weight is 211 g/mol. The number of aromatic nitrogens is 2. The molecule has 15 heavy (non-hydrogen) atoms. The van der Waals surface area contributed by atoms with Crippen molar-refractivity contribution in [3.8, 4) is 0 Å². The Balaban J connectivity index is 3.02. The van der Waals surface area contributed by atoms with Crippen molar-refractivity contribution < 1.29 is 5.11 Å². The zero-order chi connectivity index (χ0) is 11.6. The molecule has 3 N–H and O–H groups in total. The largest absolute Gasteiger partial charge is 0.388 e. The maximum Gasteiger partial charge on any atom is 0.0888 e. The molecular weight excluding hydrogens is 190 g/mol. The first-order valence-corrected chi connectivity index (χ1v) is 5.33. The van der Waals surface area contributed by atoms with E-state index in [4.69, 9.17) is 5.73 Å². The van der Waals surface area contributed by atoms with E-state index in [2.05, 4.69) is 5.10 Å². The quantitative estimate of drug-likeness (QED) is 0.785. The number of aryl methyl sites for hydroxylation is 2. The molecule has 0 fully saturated rings. The third-order valence-corrected chi connectivity index (χ3v) is 3.28. The van der Waals surface area contributed by atoms with Gasteiger partial charge in [-0.2, -0.15) is 5.10 Å². The molecule has 2 atom stereocenters. The Morgan fingerprint density at radius 2 is 2.27 bits per heavy atom. The van der Waals surface area contributed by atoms with Crippen molar-refractivity contribution in [3.05, 3.63) is 17.5 Å². The summed E-state index contributed by atoms with van der Waals surface area (Å²) in [6.07, 6.45) is 2.17. The number of hydrogen-bond acceptors (Lipinski definition) is 3. The van der Waals surface area contributed by atoms with Gasteiger partial charge in [0, 0.05) is 30.8 Å². The van der Waals surface area contributed by atoms with Gasteiger partial charge in [-0.05, 0) is 13.3 Å². The maximum absolute atomic E-state index is 10.3. The summed E-state index contributed by atoms with van der Waals surface area (Å²) < 4.78 is 1.72. The lowest BCUT2D eigenvalue weighted by molar-refractivity contribution is 0.0386. The SMILES string of the molecule is CCC(C)(CN)C(O)c1cn(C)nc1C. The highest BCUT2D eigenvalue weighted by atomic mass is 16.3. The Morgan fingerprint density at radius 3 is 2.60 bits per heavy atom. The zero-order valence-corrected chi connectivity index (χ0v) is 9.99. The minimum absolute atomic E-state index is 0.270. The first-order valence-electron chi connectivity index (χ1n) is 5.33. The molecule has 1 aromatic rings. The predicted octanol–water partition coefficient (Wildman–Crippen LogP) is 1.14. The van der Waals surface area contributed by atoms with Gasteiger partial charge in [-0.15, -0.1) is 0 Å². The molecule has 0 radical (unpaired) electrons. The van der Waals surface area contributed by atoms with Crippen molar-refractivity contribution in [2.75, 3.05) is 6.54 Å². The summed E-state index contributed by atoms with van der Waals surface area (Å²) in [6.45, 7) is 6.43. The molecule has 4 nitrogen and oxygen atoms in total. The van der Waals surface area contributed by atoms with Gasteiger partial charge in [-0.3, -0.25) is 4.68 Å². The Morgan fingerprint density at radius 1 is 1.67 bits per heavy atom. The summed E-state index contributed by atoms with van der Waals surface area (Å²) in [5.41, 5.74) is 7.21. The van der Waals surface area contributed by atoms with E-state index in [1.165, 1.54) is 0 Å². The lowest BCUT2D eigenvalue weighted by Gasteiger charge is -2.32. The predicted molar refractivity (Wildman–Crippen MR) is 60.4 cm³/mol. The van der Waals surface area contributed by atoms with Gasteiger partial charge in [0.15, 0.2) is 0 Å². The van der Waals surface area contributed by atoms with E-state index in [-0.39, 0.29) is 5.41 Å². The van der Waals surface area contributed by atoms with Crippen LogP contribution < -0.4 is 5.73 Å². The molecule has 2 unspecified atom stereocenters. The monoisotopic (exact) mass is 211 g/mol. The Bertz CT molecular complexity index is 329. The van der Waals surface area contributed by atoms with Gasteiger partial charge >= 0.3 is 0 Å². The van der Waals surface area contributed by atoms with Gasteiger partial charge in [-0.1, -0.05) is 13.8 Å². The van der Waals surface area contributed by atoms with Crippen LogP contribution in [0.1, 0.15) is 37.6 Å². The first kappa shape index (κ1) is 12.2. The van der Waals surface area contributed by atoms with Crippen molar-refractivity contribution in [3.63, 3.8) is 0 Å². The van der Waals surface area contributed by atoms with E-state index < -0.39 is 6.10 Å². The summed E-state index contributed by atoms with van der Waals surface area (Å²) >= 11 is 0. The molecule has 0 saturated carbocycles. The lowest BCUT2D eigenvalue weighted by Crippen LogP contribution is -2.33. The fourth-order valence-corrected chi connectivity index (χ4v) is 1.71. The van der Waals surface area contributed by atoms with Crippen molar-refractivity contribution >= 4 is 0 Å². The van der Waals surface area contributed by atoms with Gasteiger partial charge < -0.3 is 10.8 Å². The van der Waals surface area contributed by atoms with Gasteiger partial charge in [-0.25, -0.2) is 0 Å². The molecular formula is C11H21N3O. The van der Waals surface area contributed by atoms with Crippen LogP contribution in [0, 0.1) is 12.3 Å². The van der Waals surface area contributed by atoms with Crippen LogP contribution in [-0.2, 0) is 7.05 Å². The van der Waals surface area contributed by atoms with Crippen LogP contribution in [0.2, 0.25) is 0 Å². The molecule has 1 rings (SSSR count). The summed E-state index contributed by atoms with van der Waals surface area (Å²) in [5, 5.41) is 14.5. The van der Waals surface area contributed by atoms with E-state index in [0.717, 1.165) is 17.7 Å². The zero-order valence-electron chi connectivity index (χ0n) is 9.99. The molecule has 0 aliphatic rings. The summed E-state index contributed by atoms with van der Waals surface area (Å²) in [6, 6.07) is 0. The number of nitrogens with zero attached hydrogens (tertiary/aromatic N) is 2. The van der Waals surface area contributed by atoms with Crippen LogP contribution in [0.5, 0.6) is 0 Å². The minimum atomic E-state index is -0.541. The van der Waals surface area contributed by atoms with E-state index in [9.17, 15) is 5.11 Å². The molecule has 0 amide bonds. The van der Waals surface area contributed by atoms with Crippen LogP contribution in [-0.4, -0.2) is 21.4 Å². The Hall–Kier alpha value is -0.870. The molecule has 0 aliphatic carbocycles. The topological polar surface area (TPSA) is 64.1 Å². The highest BCUT2D eigenvalue weighted by molar-refractivity contribution is 5.20. The fraction of sp³-hybridized carbons (Fsp3) is 0.727.